The Balaban J connectivity index is 1.71. The van der Waals surface area contributed by atoms with Crippen LogP contribution in [0.5, 0.6) is 0 Å². The van der Waals surface area contributed by atoms with Gasteiger partial charge in [0.15, 0.2) is 0 Å². The van der Waals surface area contributed by atoms with Crippen molar-refractivity contribution < 1.29 is 9.59 Å². The Hall–Kier alpha value is -4.09. The number of amides is 2. The van der Waals surface area contributed by atoms with E-state index in [0.29, 0.717) is 16.3 Å². The molecule has 0 fully saturated rings. The average Bonchev–Trinajstić information content (AvgIpc) is 2.91. The lowest BCUT2D eigenvalue weighted by atomic mass is 10.0. The number of halogens is 1. The van der Waals surface area contributed by atoms with Gasteiger partial charge in [-0.2, -0.15) is 0 Å². The van der Waals surface area contributed by atoms with Gasteiger partial charge in [0.2, 0.25) is 5.91 Å². The summed E-state index contributed by atoms with van der Waals surface area (Å²) < 4.78 is 0. The second-order valence-corrected chi connectivity index (χ2v) is 9.99. The third-order valence-corrected chi connectivity index (χ3v) is 6.64. The number of hydrogen-bond donors (Lipinski definition) is 1. The van der Waals surface area contributed by atoms with Crippen molar-refractivity contribution in [1.29, 1.82) is 0 Å². The van der Waals surface area contributed by atoms with Crippen molar-refractivity contribution in [3.63, 3.8) is 0 Å². The summed E-state index contributed by atoms with van der Waals surface area (Å²) >= 11 is 6.17. The standard InChI is InChI=1S/C32H32ClN3O2/c1-23-9-11-25(12-10-23)22-36(30(37)21-24-7-5-4-6-8-24)31(26-13-15-27(33)16-14-26)32(38)34-28-17-19-29(20-18-28)35(2)3/h4-20,31H,21-22H2,1-3H3,(H,34,38). The molecule has 4 rings (SSSR count). The number of carbonyl (C=O) groups is 2. The first-order chi connectivity index (χ1) is 18.3. The topological polar surface area (TPSA) is 52.7 Å². The van der Waals surface area contributed by atoms with E-state index in [0.717, 1.165) is 22.4 Å². The molecule has 1 atom stereocenters. The SMILES string of the molecule is Cc1ccc(CN(C(=O)Cc2ccccc2)C(C(=O)Nc2ccc(N(C)C)cc2)c2ccc(Cl)cc2)cc1. The maximum atomic E-state index is 13.9. The van der Waals surface area contributed by atoms with Crippen LogP contribution in [0.2, 0.25) is 5.02 Å². The number of nitrogens with one attached hydrogen (secondary N) is 1. The molecule has 0 saturated carbocycles. The maximum absolute atomic E-state index is 13.9. The predicted molar refractivity (Wildman–Crippen MR) is 155 cm³/mol. The molecule has 2 amide bonds. The Bertz CT molecular complexity index is 1350. The fourth-order valence-corrected chi connectivity index (χ4v) is 4.38. The van der Waals surface area contributed by atoms with Gasteiger partial charge in [0.05, 0.1) is 6.42 Å². The summed E-state index contributed by atoms with van der Waals surface area (Å²) in [5.74, 6) is -0.437. The Morgan fingerprint density at radius 2 is 1.42 bits per heavy atom. The normalized spacial score (nSPS) is 11.5. The third kappa shape index (κ3) is 7.02. The van der Waals surface area contributed by atoms with E-state index in [-0.39, 0.29) is 24.8 Å². The number of benzene rings is 4. The van der Waals surface area contributed by atoms with E-state index in [1.54, 1.807) is 29.2 Å². The lowest BCUT2D eigenvalue weighted by molar-refractivity contribution is -0.139. The molecule has 0 aliphatic rings. The minimum Gasteiger partial charge on any atom is -0.378 e. The summed E-state index contributed by atoms with van der Waals surface area (Å²) in [6.45, 7) is 2.31. The van der Waals surface area contributed by atoms with Gasteiger partial charge < -0.3 is 15.1 Å². The van der Waals surface area contributed by atoms with Crippen LogP contribution in [-0.4, -0.2) is 30.8 Å². The highest BCUT2D eigenvalue weighted by atomic mass is 35.5. The molecular formula is C32H32ClN3O2. The van der Waals surface area contributed by atoms with Crippen molar-refractivity contribution in [1.82, 2.24) is 4.90 Å². The molecular weight excluding hydrogens is 494 g/mol. The molecule has 0 heterocycles. The molecule has 4 aromatic carbocycles. The molecule has 0 spiro atoms. The van der Waals surface area contributed by atoms with Crippen molar-refractivity contribution in [2.75, 3.05) is 24.3 Å². The van der Waals surface area contributed by atoms with Gasteiger partial charge in [0, 0.05) is 37.0 Å². The van der Waals surface area contributed by atoms with Crippen LogP contribution in [0.25, 0.3) is 0 Å². The zero-order chi connectivity index (χ0) is 27.1. The van der Waals surface area contributed by atoms with Crippen molar-refractivity contribution >= 4 is 34.8 Å². The third-order valence-electron chi connectivity index (χ3n) is 6.39. The molecule has 38 heavy (non-hydrogen) atoms. The van der Waals surface area contributed by atoms with Gasteiger partial charge in [-0.05, 0) is 60.0 Å². The lowest BCUT2D eigenvalue weighted by Crippen LogP contribution is -2.41. The van der Waals surface area contributed by atoms with Crippen LogP contribution in [0, 0.1) is 6.92 Å². The van der Waals surface area contributed by atoms with E-state index in [1.165, 1.54) is 0 Å². The molecule has 5 nitrogen and oxygen atoms in total. The van der Waals surface area contributed by atoms with Crippen LogP contribution in [0.3, 0.4) is 0 Å². The molecule has 194 valence electrons. The van der Waals surface area contributed by atoms with E-state index in [9.17, 15) is 9.59 Å². The van der Waals surface area contributed by atoms with Crippen LogP contribution in [0.1, 0.15) is 28.3 Å². The molecule has 1 N–H and O–H groups in total. The summed E-state index contributed by atoms with van der Waals surface area (Å²) in [4.78, 5) is 31.4. The quantitative estimate of drug-likeness (QED) is 0.265. The van der Waals surface area contributed by atoms with Gasteiger partial charge in [-0.1, -0.05) is 83.9 Å². The monoisotopic (exact) mass is 525 g/mol. The maximum Gasteiger partial charge on any atom is 0.251 e. The van der Waals surface area contributed by atoms with E-state index in [1.807, 2.05) is 105 Å². The minimum absolute atomic E-state index is 0.144. The number of carbonyl (C=O) groups excluding carboxylic acids is 2. The zero-order valence-electron chi connectivity index (χ0n) is 21.9. The second-order valence-electron chi connectivity index (χ2n) is 9.55. The fraction of sp³-hybridized carbons (Fsp3) is 0.188. The average molecular weight is 526 g/mol. The molecule has 0 bridgehead atoms. The van der Waals surface area contributed by atoms with Crippen molar-refractivity contribution in [3.05, 3.63) is 130 Å². The second kappa shape index (κ2) is 12.4. The number of aryl methyl sites for hydroxylation is 1. The highest BCUT2D eigenvalue weighted by molar-refractivity contribution is 6.30. The van der Waals surface area contributed by atoms with Crippen molar-refractivity contribution in [3.8, 4) is 0 Å². The van der Waals surface area contributed by atoms with Gasteiger partial charge >= 0.3 is 0 Å². The number of rotatable bonds is 9. The first-order valence-electron chi connectivity index (χ1n) is 12.5. The number of anilines is 2. The van der Waals surface area contributed by atoms with Crippen molar-refractivity contribution in [2.24, 2.45) is 0 Å². The summed E-state index contributed by atoms with van der Waals surface area (Å²) in [5, 5.41) is 3.59. The van der Waals surface area contributed by atoms with Crippen molar-refractivity contribution in [2.45, 2.75) is 25.9 Å². The molecule has 0 radical (unpaired) electrons. The first kappa shape index (κ1) is 27.0. The Labute approximate surface area is 229 Å². The highest BCUT2D eigenvalue weighted by Gasteiger charge is 2.32. The highest BCUT2D eigenvalue weighted by Crippen LogP contribution is 2.28. The largest absolute Gasteiger partial charge is 0.378 e. The van der Waals surface area contributed by atoms with Gasteiger partial charge in [0.25, 0.3) is 5.91 Å². The molecule has 4 aromatic rings. The van der Waals surface area contributed by atoms with Crippen LogP contribution >= 0.6 is 11.6 Å². The van der Waals surface area contributed by atoms with E-state index in [4.69, 9.17) is 11.6 Å². The van der Waals surface area contributed by atoms with E-state index in [2.05, 4.69) is 5.32 Å². The number of hydrogen-bond acceptors (Lipinski definition) is 3. The summed E-state index contributed by atoms with van der Waals surface area (Å²) in [5.41, 5.74) is 5.33. The Morgan fingerprint density at radius 1 is 0.789 bits per heavy atom. The van der Waals surface area contributed by atoms with Crippen LogP contribution in [-0.2, 0) is 22.6 Å². The lowest BCUT2D eigenvalue weighted by Gasteiger charge is -2.32. The predicted octanol–water partition coefficient (Wildman–Crippen LogP) is 6.67. The molecule has 0 aliphatic carbocycles. The zero-order valence-corrected chi connectivity index (χ0v) is 22.7. The Kier molecular flexibility index (Phi) is 8.82. The van der Waals surface area contributed by atoms with Crippen LogP contribution < -0.4 is 10.2 Å². The Morgan fingerprint density at radius 3 is 2.03 bits per heavy atom. The van der Waals surface area contributed by atoms with Crippen LogP contribution in [0.15, 0.2) is 103 Å². The number of nitrogens with zero attached hydrogens (tertiary/aromatic N) is 2. The van der Waals surface area contributed by atoms with Gasteiger partial charge in [-0.25, -0.2) is 0 Å². The van der Waals surface area contributed by atoms with Gasteiger partial charge in [-0.15, -0.1) is 0 Å². The van der Waals surface area contributed by atoms with Gasteiger partial charge in [-0.3, -0.25) is 9.59 Å². The summed E-state index contributed by atoms with van der Waals surface area (Å²) in [7, 11) is 3.93. The molecule has 1 unspecified atom stereocenters. The summed E-state index contributed by atoms with van der Waals surface area (Å²) in [6, 6.07) is 31.4. The summed E-state index contributed by atoms with van der Waals surface area (Å²) in [6.07, 6.45) is 0.182. The molecule has 6 heteroatoms. The molecule has 0 aromatic heterocycles. The van der Waals surface area contributed by atoms with Crippen LogP contribution in [0.4, 0.5) is 11.4 Å². The molecule has 0 aliphatic heterocycles. The first-order valence-corrected chi connectivity index (χ1v) is 12.9. The fourth-order valence-electron chi connectivity index (χ4n) is 4.26. The van der Waals surface area contributed by atoms with Gasteiger partial charge in [0.1, 0.15) is 6.04 Å². The molecule has 0 saturated heterocycles. The van der Waals surface area contributed by atoms with E-state index < -0.39 is 6.04 Å². The smallest absolute Gasteiger partial charge is 0.251 e. The van der Waals surface area contributed by atoms with E-state index >= 15 is 0 Å². The minimum atomic E-state index is -0.863.